The summed E-state index contributed by atoms with van der Waals surface area (Å²) < 4.78 is 31.7. The van der Waals surface area contributed by atoms with Gasteiger partial charge >= 0.3 is 18.1 Å². The Morgan fingerprint density at radius 3 is 1.73 bits per heavy atom. The van der Waals surface area contributed by atoms with Crippen LogP contribution in [0.2, 0.25) is 0 Å². The summed E-state index contributed by atoms with van der Waals surface area (Å²) in [5, 5.41) is 50.5. The summed E-state index contributed by atoms with van der Waals surface area (Å²) in [5.74, 6) is -10.9. The number of rotatable bonds is 26. The largest absolute Gasteiger partial charge is 0.508 e. The fourth-order valence-electron chi connectivity index (χ4n) is 9.47. The van der Waals surface area contributed by atoms with E-state index in [9.17, 15) is 71.6 Å². The number of aromatic hydroxyl groups is 1. The number of aromatic nitrogens is 1. The maximum atomic E-state index is 14.9. The summed E-state index contributed by atoms with van der Waals surface area (Å²) in [6.07, 6.45) is -3.14. The maximum Gasteiger partial charge on any atom is 0.490 e. The number of amides is 8. The van der Waals surface area contributed by atoms with Gasteiger partial charge in [0.1, 0.15) is 54.1 Å². The number of phenolic OH excluding ortho intramolecular Hbond substituents is 1. The quantitative estimate of drug-likeness (QED) is 0.0189. The van der Waals surface area contributed by atoms with E-state index in [4.69, 9.17) is 32.8 Å². The highest BCUT2D eigenvalue weighted by Gasteiger charge is 2.43. The van der Waals surface area contributed by atoms with E-state index >= 15 is 0 Å². The predicted octanol–water partition coefficient (Wildman–Crippen LogP) is -1.73. The second-order valence-corrected chi connectivity index (χ2v) is 19.9. The molecule has 0 aliphatic carbocycles. The number of benzene rings is 3. The number of aliphatic imine (C=N–C) groups is 1. The molecule has 0 unspecified atom stereocenters. The molecule has 30 heteroatoms. The fraction of sp³-hybridized carbons (Fsp3) is 0.426. The Morgan fingerprint density at radius 2 is 1.17 bits per heavy atom. The first-order valence-corrected chi connectivity index (χ1v) is 26.5. The SMILES string of the molecule is NC(=O)C[C@H](NC(=O)[C@@H](N)CO)C(=O)N[C@@H](Cc1ccc(O)cc1)C(=O)N[C@@H](Cc1ccccc1)C(=O)N1CCC[C@H]1C(=O)N[C@@H](CCCN=C(N)N)C(=O)N1CCC[C@H]1C(=O)N[C@@H](Cc1c[nH]c2ccccc12)C(=O)O.O=C(O)C(F)(F)F. The van der Waals surface area contributed by atoms with Crippen molar-refractivity contribution in [2.24, 2.45) is 27.9 Å². The third-order valence-electron chi connectivity index (χ3n) is 13.7. The predicted molar refractivity (Wildman–Crippen MR) is 293 cm³/mol. The molecule has 27 nitrogen and oxygen atoms in total. The van der Waals surface area contributed by atoms with Crippen molar-refractivity contribution in [1.29, 1.82) is 0 Å². The van der Waals surface area contributed by atoms with E-state index in [0.717, 1.165) is 10.9 Å². The van der Waals surface area contributed by atoms with E-state index in [1.807, 2.05) is 24.3 Å². The van der Waals surface area contributed by atoms with E-state index in [-0.39, 0.29) is 76.3 Å². The Kier molecular flexibility index (Phi) is 23.9. The number of alkyl halides is 3. The molecule has 3 heterocycles. The highest BCUT2D eigenvalue weighted by molar-refractivity contribution is 5.99. The number of hydrogen-bond donors (Lipinski definition) is 14. The first kappa shape index (κ1) is 65.5. The molecule has 18 N–H and O–H groups in total. The number of aliphatic hydroxyl groups is 1. The van der Waals surface area contributed by atoms with Crippen molar-refractivity contribution < 1.29 is 81.5 Å². The number of nitrogens with two attached hydrogens (primary N) is 4. The molecule has 2 aliphatic heterocycles. The van der Waals surface area contributed by atoms with E-state index in [1.165, 1.54) is 34.1 Å². The second-order valence-electron chi connectivity index (χ2n) is 19.9. The summed E-state index contributed by atoms with van der Waals surface area (Å²) in [5.41, 5.74) is 24.7. The summed E-state index contributed by atoms with van der Waals surface area (Å²) in [4.78, 5) is 142. The minimum absolute atomic E-state index is 0.00419. The Morgan fingerprint density at radius 1 is 0.655 bits per heavy atom. The van der Waals surface area contributed by atoms with Crippen LogP contribution in [0.3, 0.4) is 0 Å². The van der Waals surface area contributed by atoms with Gasteiger partial charge in [-0.2, -0.15) is 13.2 Å². The number of halogens is 3. The van der Waals surface area contributed by atoms with E-state index in [2.05, 4.69) is 36.6 Å². The van der Waals surface area contributed by atoms with Crippen LogP contribution in [0.15, 0.2) is 90.1 Å². The Bertz CT molecular complexity index is 3020. The third kappa shape index (κ3) is 19.1. The lowest BCUT2D eigenvalue weighted by Crippen LogP contribution is -2.60. The number of likely N-dealkylation sites (tertiary alicyclic amines) is 2. The zero-order valence-corrected chi connectivity index (χ0v) is 45.3. The first-order chi connectivity index (χ1) is 39.8. The summed E-state index contributed by atoms with van der Waals surface area (Å²) in [7, 11) is 0. The van der Waals surface area contributed by atoms with Gasteiger partial charge in [-0.15, -0.1) is 0 Å². The molecule has 84 heavy (non-hydrogen) atoms. The first-order valence-electron chi connectivity index (χ1n) is 26.5. The standard InChI is InChI=1S/C52H67N13O12.C2HF3O2/c53-34(28-66)44(69)60-38(26-43(54)68)46(71)61-37(23-30-16-18-32(67)19-17-30)45(70)62-39(24-29-9-2-1-3-10-29)50(75)65-22-8-14-41(65)47(72)59-36(13-6-20-57-52(55)56)49(74)64-21-7-15-42(64)48(73)63-40(51(76)77)25-31-27-58-35-12-5-4-11-33(31)35;3-2(4,5)1(6)7/h1-5,9-12,16-19,27,34,36-42,58,66-67H,6-8,13-15,20-26,28,53H2,(H2,54,68)(H,59,72)(H,60,69)(H,61,71)(H,62,70)(H,63,73)(H,76,77)(H4,55,56,57);(H,6,7)/t34-,36-,37-,38-,39-,40-,41-,42-;/m0./s1. The molecule has 0 bridgehead atoms. The molecule has 454 valence electrons. The maximum absolute atomic E-state index is 14.9. The van der Waals surface area contributed by atoms with Crippen molar-refractivity contribution in [2.45, 2.75) is 119 Å². The number of H-pyrrole nitrogens is 1. The number of para-hydroxylation sites is 1. The van der Waals surface area contributed by atoms with Gasteiger partial charge in [0.05, 0.1) is 13.0 Å². The molecule has 2 aliphatic rings. The number of aliphatic carboxylic acids is 2. The Balaban J connectivity index is 0.00000173. The minimum Gasteiger partial charge on any atom is -0.508 e. The molecule has 4 aromatic rings. The molecule has 0 saturated carbocycles. The average molecular weight is 1180 g/mol. The van der Waals surface area contributed by atoms with Gasteiger partial charge in [0.2, 0.25) is 47.3 Å². The van der Waals surface area contributed by atoms with E-state index in [1.54, 1.807) is 36.5 Å². The van der Waals surface area contributed by atoms with Gasteiger partial charge < -0.3 is 84.7 Å². The van der Waals surface area contributed by atoms with Crippen molar-refractivity contribution in [3.63, 3.8) is 0 Å². The molecule has 3 aromatic carbocycles. The topological polar surface area (TPSA) is 450 Å². The number of fused-ring (bicyclic) bond motifs is 1. The number of aromatic amines is 1. The number of carbonyl (C=O) groups is 10. The van der Waals surface area contributed by atoms with Crippen LogP contribution in [0.5, 0.6) is 5.75 Å². The van der Waals surface area contributed by atoms with E-state index in [0.29, 0.717) is 29.5 Å². The van der Waals surface area contributed by atoms with Gasteiger partial charge in [-0.05, 0) is 73.4 Å². The van der Waals surface area contributed by atoms with Crippen LogP contribution in [-0.2, 0) is 67.2 Å². The Labute approximate surface area is 478 Å². The van der Waals surface area contributed by atoms with Crippen LogP contribution in [-0.4, -0.2) is 181 Å². The number of guanidine groups is 1. The van der Waals surface area contributed by atoms with Crippen LogP contribution in [0.1, 0.15) is 61.6 Å². The molecule has 1 aromatic heterocycles. The van der Waals surface area contributed by atoms with Crippen molar-refractivity contribution in [3.05, 3.63) is 102 Å². The number of carboxylic acids is 2. The van der Waals surface area contributed by atoms with Gasteiger partial charge in [-0.3, -0.25) is 43.3 Å². The number of nitrogens with zero attached hydrogens (tertiary/aromatic N) is 3. The van der Waals surface area contributed by atoms with Crippen LogP contribution in [0, 0.1) is 0 Å². The summed E-state index contributed by atoms with van der Waals surface area (Å²) >= 11 is 0. The molecule has 8 atom stereocenters. The Hall–Kier alpha value is -9.32. The molecule has 2 fully saturated rings. The lowest BCUT2D eigenvalue weighted by molar-refractivity contribution is -0.192. The van der Waals surface area contributed by atoms with E-state index < -0.39 is 127 Å². The second kappa shape index (κ2) is 30.7. The molecule has 6 rings (SSSR count). The van der Waals surface area contributed by atoms with Crippen molar-refractivity contribution in [1.82, 2.24) is 41.4 Å². The van der Waals surface area contributed by atoms with Crippen molar-refractivity contribution >= 4 is 76.1 Å². The van der Waals surface area contributed by atoms with Gasteiger partial charge in [0.15, 0.2) is 5.96 Å². The number of hydrogen-bond acceptors (Lipinski definition) is 14. The summed E-state index contributed by atoms with van der Waals surface area (Å²) in [6, 6.07) is 10.9. The summed E-state index contributed by atoms with van der Waals surface area (Å²) in [6.45, 7) is -0.513. The van der Waals surface area contributed by atoms with Crippen LogP contribution < -0.4 is 49.5 Å². The van der Waals surface area contributed by atoms with Crippen molar-refractivity contribution in [3.8, 4) is 5.75 Å². The molecular formula is C54H68F3N13O14. The van der Waals surface area contributed by atoms with Gasteiger partial charge in [-0.25, -0.2) is 9.59 Å². The molecule has 0 spiro atoms. The van der Waals surface area contributed by atoms with Crippen LogP contribution >= 0.6 is 0 Å². The van der Waals surface area contributed by atoms with Gasteiger partial charge in [0, 0.05) is 56.0 Å². The zero-order chi connectivity index (χ0) is 61.8. The average Bonchev–Trinajstić information content (AvgIpc) is 4.33. The van der Waals surface area contributed by atoms with Crippen molar-refractivity contribution in [2.75, 3.05) is 26.2 Å². The lowest BCUT2D eigenvalue weighted by Gasteiger charge is -2.32. The van der Waals surface area contributed by atoms with Crippen LogP contribution in [0.4, 0.5) is 13.2 Å². The minimum atomic E-state index is -5.08. The monoisotopic (exact) mass is 1180 g/mol. The number of carbonyl (C=O) groups excluding carboxylic acids is 8. The number of phenols is 1. The molecule has 8 amide bonds. The molecule has 0 radical (unpaired) electrons. The van der Waals surface area contributed by atoms with Crippen LogP contribution in [0.25, 0.3) is 10.9 Å². The highest BCUT2D eigenvalue weighted by Crippen LogP contribution is 2.25. The third-order valence-corrected chi connectivity index (χ3v) is 13.7. The number of carboxylic acid groups (broad SMARTS) is 2. The smallest absolute Gasteiger partial charge is 0.490 e. The number of aliphatic hydroxyl groups excluding tert-OH is 1. The molecular weight excluding hydrogens is 1110 g/mol. The molecule has 2 saturated heterocycles. The lowest BCUT2D eigenvalue weighted by atomic mass is 10.0. The number of primary amides is 1. The number of nitrogens with one attached hydrogen (secondary N) is 6. The zero-order valence-electron chi connectivity index (χ0n) is 45.3. The van der Waals surface area contributed by atoms with Gasteiger partial charge in [-0.1, -0.05) is 60.7 Å². The fourth-order valence-corrected chi connectivity index (χ4v) is 9.47. The highest BCUT2D eigenvalue weighted by atomic mass is 19.4. The normalized spacial score (nSPS) is 16.9. The van der Waals surface area contributed by atoms with Gasteiger partial charge in [0.25, 0.3) is 0 Å².